The summed E-state index contributed by atoms with van der Waals surface area (Å²) in [6.45, 7) is 5.61. The lowest BCUT2D eigenvalue weighted by Crippen LogP contribution is -2.37. The van der Waals surface area contributed by atoms with Crippen molar-refractivity contribution in [3.8, 4) is 34.4 Å². The van der Waals surface area contributed by atoms with Gasteiger partial charge in [0.05, 0.1) is 50.2 Å². The zero-order chi connectivity index (χ0) is 36.2. The first-order valence-corrected chi connectivity index (χ1v) is 17.1. The summed E-state index contributed by atoms with van der Waals surface area (Å²) in [5.74, 6) is 0.448. The Morgan fingerprint density at radius 1 is 0.904 bits per heavy atom. The molecule has 4 heterocycles. The first kappa shape index (κ1) is 34.9. The number of aromatic nitrogens is 2. The number of ether oxygens (including phenoxy) is 5. The van der Waals surface area contributed by atoms with Gasteiger partial charge in [-0.3, -0.25) is 24.0 Å². The van der Waals surface area contributed by atoms with Crippen molar-refractivity contribution < 1.29 is 37.3 Å². The van der Waals surface area contributed by atoms with Gasteiger partial charge in [0.25, 0.3) is 5.56 Å². The number of nitrogens with zero attached hydrogens (tertiary/aromatic N) is 4. The number of rotatable bonds is 12. The minimum atomic E-state index is -0.693. The fraction of sp³-hybridized carbons (Fsp3) is 0.308. The van der Waals surface area contributed by atoms with Gasteiger partial charge in [-0.15, -0.1) is 0 Å². The van der Waals surface area contributed by atoms with Crippen LogP contribution in [-0.4, -0.2) is 87.0 Å². The normalized spacial score (nSPS) is 14.5. The third-order valence-corrected chi connectivity index (χ3v) is 9.12. The lowest BCUT2D eigenvalue weighted by molar-refractivity contribution is 0.0357. The molecule has 5 aromatic rings. The highest BCUT2D eigenvalue weighted by Crippen LogP contribution is 2.38. The number of pyridine rings is 2. The first-order valence-electron chi connectivity index (χ1n) is 17.1. The van der Waals surface area contributed by atoms with Crippen LogP contribution in [0.4, 0.5) is 14.6 Å². The van der Waals surface area contributed by atoms with Crippen molar-refractivity contribution in [1.82, 2.24) is 14.5 Å². The van der Waals surface area contributed by atoms with Gasteiger partial charge in [0.15, 0.2) is 40.4 Å². The quantitative estimate of drug-likeness (QED) is 0.116. The first-order chi connectivity index (χ1) is 25.3. The number of carbonyl (C=O) groups excluding carboxylic acids is 1. The van der Waals surface area contributed by atoms with Crippen LogP contribution in [0.5, 0.6) is 28.7 Å². The molecule has 0 N–H and O–H groups in total. The number of Topliss-reactive ketones (excluding diaryl/α,β-unsaturated/α-hetero) is 1. The number of ketones is 1. The highest BCUT2D eigenvalue weighted by Gasteiger charge is 2.26. The number of benzene rings is 3. The number of carbonyl (C=O) groups is 1. The second kappa shape index (κ2) is 15.4. The van der Waals surface area contributed by atoms with E-state index < -0.39 is 23.0 Å². The van der Waals surface area contributed by atoms with Gasteiger partial charge >= 0.3 is 0 Å². The largest absolute Gasteiger partial charge is 0.493 e. The molecule has 11 nitrogen and oxygen atoms in total. The summed E-state index contributed by atoms with van der Waals surface area (Å²) >= 11 is 0. The molecule has 52 heavy (non-hydrogen) atoms. The average Bonchev–Trinajstić information content (AvgIpc) is 3.15. The predicted molar refractivity (Wildman–Crippen MR) is 191 cm³/mol. The molecule has 0 spiro atoms. The van der Waals surface area contributed by atoms with Gasteiger partial charge in [0.1, 0.15) is 18.2 Å². The van der Waals surface area contributed by atoms with Crippen molar-refractivity contribution in [2.24, 2.45) is 0 Å². The van der Waals surface area contributed by atoms with E-state index in [-0.39, 0.29) is 17.7 Å². The van der Waals surface area contributed by atoms with E-state index in [0.29, 0.717) is 70.7 Å². The molecule has 3 aromatic carbocycles. The molecule has 1 saturated heterocycles. The molecule has 0 radical (unpaired) electrons. The zero-order valence-corrected chi connectivity index (χ0v) is 28.9. The summed E-state index contributed by atoms with van der Waals surface area (Å²) < 4.78 is 59.5. The van der Waals surface area contributed by atoms with E-state index in [0.717, 1.165) is 39.3 Å². The van der Waals surface area contributed by atoms with Gasteiger partial charge in [-0.25, -0.2) is 8.78 Å². The number of hydrogen-bond donors (Lipinski definition) is 0. The molecular formula is C39H38F2N4O7. The van der Waals surface area contributed by atoms with Crippen LogP contribution in [0.25, 0.3) is 16.6 Å². The Morgan fingerprint density at radius 2 is 1.71 bits per heavy atom. The van der Waals surface area contributed by atoms with Crippen molar-refractivity contribution in [2.45, 2.75) is 12.8 Å². The lowest BCUT2D eigenvalue weighted by Gasteiger charge is -2.30. The molecule has 0 unspecified atom stereocenters. The highest BCUT2D eigenvalue weighted by atomic mass is 19.1. The maximum Gasteiger partial charge on any atom is 0.267 e. The Labute approximate surface area is 298 Å². The van der Waals surface area contributed by atoms with Gasteiger partial charge in [0, 0.05) is 56.8 Å². The third-order valence-electron chi connectivity index (χ3n) is 9.12. The Balaban J connectivity index is 1.08. The van der Waals surface area contributed by atoms with Crippen LogP contribution >= 0.6 is 0 Å². The number of halogens is 2. The monoisotopic (exact) mass is 712 g/mol. The minimum Gasteiger partial charge on any atom is -0.493 e. The van der Waals surface area contributed by atoms with Crippen LogP contribution in [0, 0.1) is 11.6 Å². The van der Waals surface area contributed by atoms with E-state index in [1.54, 1.807) is 44.6 Å². The Morgan fingerprint density at radius 3 is 2.48 bits per heavy atom. The Kier molecular flexibility index (Phi) is 10.3. The summed E-state index contributed by atoms with van der Waals surface area (Å²) in [7, 11) is 3.35. The molecule has 0 atom stereocenters. The number of hydrogen-bond acceptors (Lipinski definition) is 10. The topological polar surface area (TPSA) is 105 Å². The van der Waals surface area contributed by atoms with Crippen molar-refractivity contribution >= 4 is 22.5 Å². The second-order valence-electron chi connectivity index (χ2n) is 12.6. The maximum absolute atomic E-state index is 15.5. The molecule has 270 valence electrons. The lowest BCUT2D eigenvalue weighted by atomic mass is 10.0. The third kappa shape index (κ3) is 7.41. The fourth-order valence-electron chi connectivity index (χ4n) is 6.40. The molecule has 2 aromatic heterocycles. The maximum atomic E-state index is 15.5. The van der Waals surface area contributed by atoms with E-state index in [4.69, 9.17) is 23.7 Å². The molecule has 1 fully saturated rings. The van der Waals surface area contributed by atoms with Crippen LogP contribution in [0.15, 0.2) is 77.7 Å². The predicted octanol–water partition coefficient (Wildman–Crippen LogP) is 5.82. The molecular weight excluding hydrogens is 674 g/mol. The van der Waals surface area contributed by atoms with E-state index in [2.05, 4.69) is 9.88 Å². The van der Waals surface area contributed by atoms with Crippen LogP contribution in [-0.2, 0) is 11.2 Å². The number of fused-ring (bicyclic) bond motifs is 2. The van der Waals surface area contributed by atoms with E-state index in [9.17, 15) is 14.0 Å². The standard InChI is InChI=1S/C39H38F2N4O7/c1-43-13-19-51-37-23-29(39(47)45(38(37)43)27-7-5-26(40)6-8-27)32(46)21-25-4-9-34(30(41)20-25)52-33-10-11-42-31-24-36(35(48-2)22-28(31)33)50-16-3-12-44-14-17-49-18-15-44/h4-11,20,22-24H,3,12-19,21H2,1-2H3. The second-order valence-corrected chi connectivity index (χ2v) is 12.6. The van der Waals surface area contributed by atoms with Crippen molar-refractivity contribution in [2.75, 3.05) is 71.7 Å². The smallest absolute Gasteiger partial charge is 0.267 e. The Hall–Kier alpha value is -5.53. The summed E-state index contributed by atoms with van der Waals surface area (Å²) in [5.41, 5.74) is 0.587. The number of methoxy groups -OCH3 is 1. The van der Waals surface area contributed by atoms with Crippen molar-refractivity contribution in [3.05, 3.63) is 106 Å². The highest BCUT2D eigenvalue weighted by molar-refractivity contribution is 5.98. The average molecular weight is 713 g/mol. The van der Waals surface area contributed by atoms with Gasteiger partial charge in [-0.1, -0.05) is 6.07 Å². The van der Waals surface area contributed by atoms with Gasteiger partial charge < -0.3 is 28.6 Å². The molecule has 0 aliphatic carbocycles. The molecule has 0 saturated carbocycles. The molecule has 0 amide bonds. The molecule has 7 rings (SSSR count). The summed E-state index contributed by atoms with van der Waals surface area (Å²) in [6.07, 6.45) is 2.15. The van der Waals surface area contributed by atoms with Crippen molar-refractivity contribution in [1.29, 1.82) is 0 Å². The molecule has 2 aliphatic rings. The van der Waals surface area contributed by atoms with Crippen LogP contribution in [0.1, 0.15) is 22.3 Å². The number of anilines is 1. The van der Waals surface area contributed by atoms with E-state index >= 15 is 4.39 Å². The Bertz CT molecular complexity index is 2150. The van der Waals surface area contributed by atoms with Crippen LogP contribution in [0.2, 0.25) is 0 Å². The van der Waals surface area contributed by atoms with Gasteiger partial charge in [-0.05, 0) is 60.5 Å². The van der Waals surface area contributed by atoms with Crippen molar-refractivity contribution in [3.63, 3.8) is 0 Å². The summed E-state index contributed by atoms with van der Waals surface area (Å²) in [6, 6.07) is 16.2. The molecule has 2 aliphatic heterocycles. The molecule has 0 bridgehead atoms. The summed E-state index contributed by atoms with van der Waals surface area (Å²) in [5, 5.41) is 0.594. The fourth-order valence-corrected chi connectivity index (χ4v) is 6.40. The molecule has 13 heteroatoms. The van der Waals surface area contributed by atoms with E-state index in [1.807, 2.05) is 4.90 Å². The number of morpholine rings is 1. The SMILES string of the molecule is COc1cc2c(Oc3ccc(CC(=O)c4cc5c(n(-c6ccc(F)cc6)c4=O)N(C)CCO5)cc3F)ccnc2cc1OCCCN1CCOCC1. The zero-order valence-electron chi connectivity index (χ0n) is 28.9. The summed E-state index contributed by atoms with van der Waals surface area (Å²) in [4.78, 5) is 36.0. The number of likely N-dealkylation sites (N-methyl/N-ethyl adjacent to an activating group) is 1. The minimum absolute atomic E-state index is 0.0602. The van der Waals surface area contributed by atoms with E-state index in [1.165, 1.54) is 47.0 Å². The van der Waals surface area contributed by atoms with Gasteiger partial charge in [0.2, 0.25) is 0 Å². The van der Waals surface area contributed by atoms with Crippen LogP contribution in [0.3, 0.4) is 0 Å². The van der Waals surface area contributed by atoms with Gasteiger partial charge in [-0.2, -0.15) is 0 Å². The van der Waals surface area contributed by atoms with Crippen LogP contribution < -0.4 is 29.4 Å².